The van der Waals surface area contributed by atoms with E-state index in [-0.39, 0.29) is 4.21 Å². The first-order chi connectivity index (χ1) is 10.8. The van der Waals surface area contributed by atoms with Crippen LogP contribution >= 0.6 is 27.3 Å². The number of sulfonamides is 1. The van der Waals surface area contributed by atoms with Crippen molar-refractivity contribution in [2.75, 3.05) is 4.72 Å². The van der Waals surface area contributed by atoms with Crippen LogP contribution in [0.4, 0.5) is 5.69 Å². The van der Waals surface area contributed by atoms with Crippen molar-refractivity contribution in [3.05, 3.63) is 45.6 Å². The van der Waals surface area contributed by atoms with Crippen molar-refractivity contribution in [2.24, 2.45) is 0 Å². The molecule has 2 aromatic heterocycles. The van der Waals surface area contributed by atoms with Crippen LogP contribution in [-0.2, 0) is 10.0 Å². The Morgan fingerprint density at radius 3 is 2.65 bits per heavy atom. The topological polar surface area (TPSA) is 85.1 Å². The Kier molecular flexibility index (Phi) is 4.26. The molecule has 0 saturated heterocycles. The lowest BCUT2D eigenvalue weighted by Crippen LogP contribution is -2.11. The van der Waals surface area contributed by atoms with Gasteiger partial charge >= 0.3 is 0 Å². The Bertz CT molecular complexity index is 963. The first-order valence-electron chi connectivity index (χ1n) is 6.53. The molecule has 0 aliphatic heterocycles. The summed E-state index contributed by atoms with van der Waals surface area (Å²) in [4.78, 5) is 0. The van der Waals surface area contributed by atoms with E-state index in [0.717, 1.165) is 16.9 Å². The van der Waals surface area contributed by atoms with Crippen molar-refractivity contribution < 1.29 is 12.8 Å². The lowest BCUT2D eigenvalue weighted by Gasteiger charge is -2.08. The molecule has 3 aromatic rings. The summed E-state index contributed by atoms with van der Waals surface area (Å²) in [6.45, 7) is 3.61. The number of aryl methyl sites for hydroxylation is 2. The number of hydrogen-bond acceptors (Lipinski definition) is 6. The molecule has 1 aromatic carbocycles. The number of rotatable bonds is 4. The number of nitrogens with zero attached hydrogens (tertiary/aromatic N) is 2. The van der Waals surface area contributed by atoms with Gasteiger partial charge in [0.1, 0.15) is 4.21 Å². The minimum Gasteiger partial charge on any atom is -0.421 e. The Morgan fingerprint density at radius 1 is 1.22 bits per heavy atom. The smallest absolute Gasteiger partial charge is 0.271 e. The molecule has 0 atom stereocenters. The molecule has 9 heteroatoms. The molecule has 0 unspecified atom stereocenters. The van der Waals surface area contributed by atoms with Gasteiger partial charge < -0.3 is 4.42 Å². The first kappa shape index (κ1) is 16.2. The zero-order valence-electron chi connectivity index (χ0n) is 12.2. The van der Waals surface area contributed by atoms with Gasteiger partial charge in [-0.05, 0) is 46.6 Å². The van der Waals surface area contributed by atoms with Crippen LogP contribution in [0, 0.1) is 13.8 Å². The summed E-state index contributed by atoms with van der Waals surface area (Å²) >= 11 is 4.46. The maximum absolute atomic E-state index is 12.5. The molecule has 0 spiro atoms. The van der Waals surface area contributed by atoms with Crippen molar-refractivity contribution in [3.8, 4) is 11.5 Å². The highest BCUT2D eigenvalue weighted by molar-refractivity contribution is 9.10. The lowest BCUT2D eigenvalue weighted by atomic mass is 10.2. The van der Waals surface area contributed by atoms with E-state index in [1.54, 1.807) is 18.4 Å². The minimum absolute atomic E-state index is 0.177. The molecule has 6 nitrogen and oxygen atoms in total. The predicted octanol–water partition coefficient (Wildman–Crippen LogP) is 3.98. The van der Waals surface area contributed by atoms with E-state index in [4.69, 9.17) is 4.42 Å². The summed E-state index contributed by atoms with van der Waals surface area (Å²) in [5, 5.41) is 9.30. The molecule has 0 radical (unpaired) electrons. The number of benzene rings is 1. The van der Waals surface area contributed by atoms with Crippen LogP contribution in [0.3, 0.4) is 0 Å². The van der Waals surface area contributed by atoms with Gasteiger partial charge in [-0.25, -0.2) is 8.42 Å². The van der Waals surface area contributed by atoms with E-state index < -0.39 is 10.0 Å². The standard InChI is InChI=1S/C14H12BrN3O3S2/c1-8-3-4-12(11(15)5-8)18-23(19,20)13-6-10(7-22-13)14-17-16-9(2)21-14/h3-7,18H,1-2H3. The van der Waals surface area contributed by atoms with E-state index in [2.05, 4.69) is 30.8 Å². The van der Waals surface area contributed by atoms with Crippen molar-refractivity contribution >= 4 is 43.0 Å². The number of aromatic nitrogens is 2. The zero-order valence-corrected chi connectivity index (χ0v) is 15.4. The minimum atomic E-state index is -3.68. The predicted molar refractivity (Wildman–Crippen MR) is 92.0 cm³/mol. The molecular formula is C14H12BrN3O3S2. The van der Waals surface area contributed by atoms with Crippen LogP contribution in [-0.4, -0.2) is 18.6 Å². The Balaban J connectivity index is 1.89. The molecule has 0 aliphatic rings. The molecule has 2 heterocycles. The fourth-order valence-electron chi connectivity index (χ4n) is 1.88. The van der Waals surface area contributed by atoms with E-state index in [1.807, 2.05) is 19.1 Å². The third kappa shape index (κ3) is 3.46. The van der Waals surface area contributed by atoms with Gasteiger partial charge in [0.2, 0.25) is 11.8 Å². The van der Waals surface area contributed by atoms with Crippen LogP contribution in [0.5, 0.6) is 0 Å². The number of thiophene rings is 1. The Hall–Kier alpha value is -1.71. The van der Waals surface area contributed by atoms with E-state index in [0.29, 0.717) is 27.5 Å². The fourth-order valence-corrected chi connectivity index (χ4v) is 4.84. The Labute approximate surface area is 145 Å². The van der Waals surface area contributed by atoms with Gasteiger partial charge in [-0.1, -0.05) is 6.07 Å². The van der Waals surface area contributed by atoms with Crippen LogP contribution < -0.4 is 4.72 Å². The zero-order chi connectivity index (χ0) is 16.6. The molecule has 120 valence electrons. The second kappa shape index (κ2) is 6.06. The number of nitrogens with one attached hydrogen (secondary N) is 1. The fraction of sp³-hybridized carbons (Fsp3) is 0.143. The summed E-state index contributed by atoms with van der Waals surface area (Å²) in [5.41, 5.74) is 2.10. The van der Waals surface area contributed by atoms with E-state index in [9.17, 15) is 8.42 Å². The Morgan fingerprint density at radius 2 is 2.00 bits per heavy atom. The number of hydrogen-bond donors (Lipinski definition) is 1. The van der Waals surface area contributed by atoms with Gasteiger partial charge in [0.25, 0.3) is 10.0 Å². The van der Waals surface area contributed by atoms with E-state index in [1.165, 1.54) is 6.07 Å². The maximum Gasteiger partial charge on any atom is 0.271 e. The summed E-state index contributed by atoms with van der Waals surface area (Å²) < 4.78 is 33.7. The third-order valence-corrected chi connectivity index (χ3v) is 6.44. The molecule has 1 N–H and O–H groups in total. The molecular weight excluding hydrogens is 402 g/mol. The highest BCUT2D eigenvalue weighted by Crippen LogP contribution is 2.31. The monoisotopic (exact) mass is 413 g/mol. The normalized spacial score (nSPS) is 11.6. The van der Waals surface area contributed by atoms with Crippen LogP contribution in [0.2, 0.25) is 0 Å². The second-order valence-corrected chi connectivity index (χ2v) is 8.54. The largest absolute Gasteiger partial charge is 0.421 e. The summed E-state index contributed by atoms with van der Waals surface area (Å²) in [6, 6.07) is 6.91. The SMILES string of the molecule is Cc1ccc(NS(=O)(=O)c2cc(-c3nnc(C)o3)cs2)c(Br)c1. The van der Waals surface area contributed by atoms with Crippen LogP contribution in [0.1, 0.15) is 11.5 Å². The molecule has 0 aliphatic carbocycles. The van der Waals surface area contributed by atoms with Gasteiger partial charge in [0.15, 0.2) is 0 Å². The molecule has 23 heavy (non-hydrogen) atoms. The van der Waals surface area contributed by atoms with Crippen molar-refractivity contribution in [3.63, 3.8) is 0 Å². The van der Waals surface area contributed by atoms with Crippen molar-refractivity contribution in [1.29, 1.82) is 0 Å². The van der Waals surface area contributed by atoms with Gasteiger partial charge in [0, 0.05) is 16.8 Å². The van der Waals surface area contributed by atoms with Crippen molar-refractivity contribution in [1.82, 2.24) is 10.2 Å². The lowest BCUT2D eigenvalue weighted by molar-refractivity contribution is 0.533. The summed E-state index contributed by atoms with van der Waals surface area (Å²) in [7, 11) is -3.68. The third-order valence-electron chi connectivity index (χ3n) is 2.98. The molecule has 0 saturated carbocycles. The second-order valence-electron chi connectivity index (χ2n) is 4.87. The quantitative estimate of drug-likeness (QED) is 0.698. The van der Waals surface area contributed by atoms with Crippen LogP contribution in [0.15, 0.2) is 42.7 Å². The number of anilines is 1. The average Bonchev–Trinajstić information content (AvgIpc) is 3.10. The van der Waals surface area contributed by atoms with Gasteiger partial charge in [0.05, 0.1) is 11.3 Å². The van der Waals surface area contributed by atoms with Gasteiger partial charge in [-0.2, -0.15) is 0 Å². The van der Waals surface area contributed by atoms with Gasteiger partial charge in [-0.15, -0.1) is 21.5 Å². The molecule has 3 rings (SSSR count). The summed E-state index contributed by atoms with van der Waals surface area (Å²) in [5.74, 6) is 0.731. The van der Waals surface area contributed by atoms with Crippen molar-refractivity contribution in [2.45, 2.75) is 18.1 Å². The highest BCUT2D eigenvalue weighted by atomic mass is 79.9. The van der Waals surface area contributed by atoms with E-state index >= 15 is 0 Å². The summed E-state index contributed by atoms with van der Waals surface area (Å²) in [6.07, 6.45) is 0. The molecule has 0 amide bonds. The average molecular weight is 414 g/mol. The maximum atomic E-state index is 12.5. The first-order valence-corrected chi connectivity index (χ1v) is 9.69. The molecule has 0 bridgehead atoms. The highest BCUT2D eigenvalue weighted by Gasteiger charge is 2.20. The van der Waals surface area contributed by atoms with Crippen LogP contribution in [0.25, 0.3) is 11.5 Å². The number of halogens is 1. The van der Waals surface area contributed by atoms with Gasteiger partial charge in [-0.3, -0.25) is 4.72 Å². The molecule has 0 fully saturated rings.